The van der Waals surface area contributed by atoms with Crippen molar-refractivity contribution in [2.45, 2.75) is 32.7 Å². The van der Waals surface area contributed by atoms with Crippen LogP contribution >= 0.6 is 0 Å². The zero-order valence-corrected chi connectivity index (χ0v) is 17.4. The molecule has 2 fully saturated rings. The van der Waals surface area contributed by atoms with Gasteiger partial charge in [-0.05, 0) is 42.9 Å². The van der Waals surface area contributed by atoms with Crippen LogP contribution < -0.4 is 16.0 Å². The average Bonchev–Trinajstić information content (AvgIpc) is 3.47. The molecule has 0 aromatic heterocycles. The first-order valence-electron chi connectivity index (χ1n) is 10.3. The fourth-order valence-electron chi connectivity index (χ4n) is 3.63. The Morgan fingerprint density at radius 3 is 2.67 bits per heavy atom. The number of carbonyl (C=O) groups is 3. The van der Waals surface area contributed by atoms with Crippen LogP contribution in [0.25, 0.3) is 0 Å². The minimum atomic E-state index is -1.17. The van der Waals surface area contributed by atoms with Crippen LogP contribution in [0.3, 0.4) is 0 Å². The van der Waals surface area contributed by atoms with Crippen molar-refractivity contribution in [1.29, 1.82) is 0 Å². The smallest absolute Gasteiger partial charge is 0.253 e. The number of ether oxygens (including phenoxy) is 1. The number of rotatable bonds is 9. The third-order valence-corrected chi connectivity index (χ3v) is 5.18. The molecule has 164 valence electrons. The summed E-state index contributed by atoms with van der Waals surface area (Å²) in [6.45, 7) is 5.81. The van der Waals surface area contributed by atoms with E-state index < -0.39 is 23.7 Å². The lowest BCUT2D eigenvalue weighted by molar-refractivity contribution is -0.133. The van der Waals surface area contributed by atoms with Crippen molar-refractivity contribution >= 4 is 29.1 Å². The molecule has 1 atom stereocenters. The van der Waals surface area contributed by atoms with E-state index in [1.165, 1.54) is 17.0 Å². The molecule has 0 spiro atoms. The summed E-state index contributed by atoms with van der Waals surface area (Å²) in [5, 5.41) is 2.50. The van der Waals surface area contributed by atoms with Gasteiger partial charge in [0.2, 0.25) is 5.91 Å². The first-order valence-corrected chi connectivity index (χ1v) is 10.3. The Balaban J connectivity index is 1.74. The molecule has 9 heteroatoms. The average molecular weight is 420 g/mol. The monoisotopic (exact) mass is 420 g/mol. The Kier molecular flexibility index (Phi) is 7.04. The molecule has 1 aromatic rings. The van der Waals surface area contributed by atoms with Crippen LogP contribution in [-0.2, 0) is 19.1 Å². The van der Waals surface area contributed by atoms with E-state index in [1.54, 1.807) is 11.0 Å². The maximum atomic E-state index is 14.7. The van der Waals surface area contributed by atoms with Crippen molar-refractivity contribution in [3.63, 3.8) is 0 Å². The molecule has 3 rings (SSSR count). The maximum Gasteiger partial charge on any atom is 0.253 e. The second-order valence-electron chi connectivity index (χ2n) is 8.35. The number of benzene rings is 1. The normalized spacial score (nSPS) is 18.0. The SMILES string of the molecule is CC(C)CN(CC1CC1)[C@H](C(N)=O)C(=O)Nc1ccc(N2CCOCC2=O)cc1F. The largest absolute Gasteiger partial charge is 0.370 e. The Labute approximate surface area is 175 Å². The highest BCUT2D eigenvalue weighted by atomic mass is 19.1. The van der Waals surface area contributed by atoms with Gasteiger partial charge in [0.25, 0.3) is 11.8 Å². The minimum absolute atomic E-state index is 0.0485. The van der Waals surface area contributed by atoms with Crippen LogP contribution in [0.15, 0.2) is 18.2 Å². The van der Waals surface area contributed by atoms with Crippen molar-refractivity contribution < 1.29 is 23.5 Å². The van der Waals surface area contributed by atoms with Gasteiger partial charge in [-0.15, -0.1) is 0 Å². The van der Waals surface area contributed by atoms with E-state index in [2.05, 4.69) is 5.32 Å². The van der Waals surface area contributed by atoms with Crippen molar-refractivity contribution in [3.05, 3.63) is 24.0 Å². The summed E-state index contributed by atoms with van der Waals surface area (Å²) in [5.74, 6) is -1.67. The summed E-state index contributed by atoms with van der Waals surface area (Å²) in [6, 6.07) is 2.95. The number of nitrogens with zero attached hydrogens (tertiary/aromatic N) is 2. The van der Waals surface area contributed by atoms with Gasteiger partial charge in [0, 0.05) is 25.3 Å². The number of hydrogen-bond acceptors (Lipinski definition) is 5. The van der Waals surface area contributed by atoms with E-state index in [4.69, 9.17) is 10.5 Å². The van der Waals surface area contributed by atoms with E-state index in [9.17, 15) is 18.8 Å². The van der Waals surface area contributed by atoms with Crippen LogP contribution in [0.5, 0.6) is 0 Å². The first-order chi connectivity index (χ1) is 14.3. The lowest BCUT2D eigenvalue weighted by Gasteiger charge is -2.30. The summed E-state index contributed by atoms with van der Waals surface area (Å²) < 4.78 is 19.8. The molecule has 1 saturated carbocycles. The first kappa shape index (κ1) is 22.2. The Morgan fingerprint density at radius 2 is 2.10 bits per heavy atom. The van der Waals surface area contributed by atoms with Gasteiger partial charge in [0.05, 0.1) is 12.3 Å². The van der Waals surface area contributed by atoms with Crippen molar-refractivity contribution in [1.82, 2.24) is 4.90 Å². The number of hydrogen-bond donors (Lipinski definition) is 2. The van der Waals surface area contributed by atoms with E-state index in [1.807, 2.05) is 13.8 Å². The summed E-state index contributed by atoms with van der Waals surface area (Å²) in [6.07, 6.45) is 2.14. The fraction of sp³-hybridized carbons (Fsp3) is 0.571. The number of halogens is 1. The van der Waals surface area contributed by atoms with E-state index in [0.717, 1.165) is 12.8 Å². The topological polar surface area (TPSA) is 105 Å². The third kappa shape index (κ3) is 5.54. The molecule has 1 saturated heterocycles. The standard InChI is InChI=1S/C21H29FN4O4/c1-13(2)10-25(11-14-3-4-14)19(20(23)28)21(29)24-17-6-5-15(9-16(17)22)26-7-8-30-12-18(26)27/h5-6,9,13-14,19H,3-4,7-8,10-12H2,1-2H3,(H2,23,28)(H,24,29)/t19-/m1/s1. The highest BCUT2D eigenvalue weighted by Crippen LogP contribution is 2.31. The Hall–Kier alpha value is -2.52. The summed E-state index contributed by atoms with van der Waals surface area (Å²) in [4.78, 5) is 40.1. The minimum Gasteiger partial charge on any atom is -0.370 e. The molecule has 1 aromatic carbocycles. The number of nitrogens with one attached hydrogen (secondary N) is 1. The predicted molar refractivity (Wildman–Crippen MR) is 110 cm³/mol. The molecule has 1 aliphatic heterocycles. The highest BCUT2D eigenvalue weighted by molar-refractivity contribution is 6.09. The van der Waals surface area contributed by atoms with Gasteiger partial charge < -0.3 is 20.7 Å². The second kappa shape index (κ2) is 9.53. The van der Waals surface area contributed by atoms with Gasteiger partial charge in [-0.25, -0.2) is 4.39 Å². The van der Waals surface area contributed by atoms with Crippen LogP contribution in [0, 0.1) is 17.7 Å². The van der Waals surface area contributed by atoms with Crippen LogP contribution in [0.2, 0.25) is 0 Å². The quantitative estimate of drug-likeness (QED) is 0.587. The second-order valence-corrected chi connectivity index (χ2v) is 8.35. The molecule has 30 heavy (non-hydrogen) atoms. The summed E-state index contributed by atoms with van der Waals surface area (Å²) in [7, 11) is 0. The summed E-state index contributed by atoms with van der Waals surface area (Å²) in [5.41, 5.74) is 5.87. The molecular formula is C21H29FN4O4. The van der Waals surface area contributed by atoms with Gasteiger partial charge in [0.1, 0.15) is 12.4 Å². The molecule has 3 N–H and O–H groups in total. The number of nitrogens with two attached hydrogens (primary N) is 1. The molecule has 0 radical (unpaired) electrons. The van der Waals surface area contributed by atoms with Crippen LogP contribution in [-0.4, -0.2) is 61.5 Å². The van der Waals surface area contributed by atoms with Crippen molar-refractivity contribution in [2.75, 3.05) is 43.1 Å². The molecule has 2 aliphatic rings. The van der Waals surface area contributed by atoms with Crippen LogP contribution in [0.4, 0.5) is 15.8 Å². The van der Waals surface area contributed by atoms with Crippen molar-refractivity contribution in [2.24, 2.45) is 17.6 Å². The Morgan fingerprint density at radius 1 is 1.37 bits per heavy atom. The molecule has 0 unspecified atom stereocenters. The lowest BCUT2D eigenvalue weighted by Crippen LogP contribution is -2.53. The number of primary amides is 1. The number of carbonyl (C=O) groups excluding carboxylic acids is 3. The fourth-order valence-corrected chi connectivity index (χ4v) is 3.63. The highest BCUT2D eigenvalue weighted by Gasteiger charge is 2.36. The molecule has 3 amide bonds. The maximum absolute atomic E-state index is 14.7. The van der Waals surface area contributed by atoms with Gasteiger partial charge in [0.15, 0.2) is 6.04 Å². The predicted octanol–water partition coefficient (Wildman–Crippen LogP) is 1.35. The van der Waals surface area contributed by atoms with Gasteiger partial charge in [-0.1, -0.05) is 13.8 Å². The zero-order chi connectivity index (χ0) is 21.8. The van der Waals surface area contributed by atoms with Gasteiger partial charge >= 0.3 is 0 Å². The lowest BCUT2D eigenvalue weighted by atomic mass is 10.1. The molecule has 1 aliphatic carbocycles. The Bertz CT molecular complexity index is 808. The molecule has 1 heterocycles. The van der Waals surface area contributed by atoms with E-state index in [0.29, 0.717) is 37.8 Å². The third-order valence-electron chi connectivity index (χ3n) is 5.18. The number of amides is 3. The summed E-state index contributed by atoms with van der Waals surface area (Å²) >= 11 is 0. The zero-order valence-electron chi connectivity index (χ0n) is 17.4. The number of morpholine rings is 1. The number of anilines is 2. The molecule has 0 bridgehead atoms. The molecule has 8 nitrogen and oxygen atoms in total. The molecular weight excluding hydrogens is 391 g/mol. The van der Waals surface area contributed by atoms with Gasteiger partial charge in [-0.2, -0.15) is 0 Å². The van der Waals surface area contributed by atoms with Crippen LogP contribution in [0.1, 0.15) is 26.7 Å². The van der Waals surface area contributed by atoms with E-state index in [-0.39, 0.29) is 24.1 Å². The van der Waals surface area contributed by atoms with Crippen molar-refractivity contribution in [3.8, 4) is 0 Å². The van der Waals surface area contributed by atoms with E-state index >= 15 is 0 Å². The van der Waals surface area contributed by atoms with Gasteiger partial charge in [-0.3, -0.25) is 19.3 Å².